The third-order valence-electron chi connectivity index (χ3n) is 3.56. The van der Waals surface area contributed by atoms with Crippen LogP contribution in [-0.2, 0) is 9.84 Å². The summed E-state index contributed by atoms with van der Waals surface area (Å²) in [4.78, 5) is 0. The summed E-state index contributed by atoms with van der Waals surface area (Å²) in [5, 5.41) is 3.51. The smallest absolute Gasteiger partial charge is 0.150 e. The van der Waals surface area contributed by atoms with Crippen LogP contribution in [0.2, 0.25) is 0 Å². The molecule has 90 valence electrons. The summed E-state index contributed by atoms with van der Waals surface area (Å²) in [6.45, 7) is 4.75. The second-order valence-electron chi connectivity index (χ2n) is 4.50. The number of hydrogen-bond donors (Lipinski definition) is 1. The first-order valence-corrected chi connectivity index (χ1v) is 7.81. The third-order valence-corrected chi connectivity index (χ3v) is 5.35. The molecule has 0 aromatic heterocycles. The Bertz CT molecular complexity index is 275. The van der Waals surface area contributed by atoms with Crippen molar-refractivity contribution in [2.75, 3.05) is 18.1 Å². The highest BCUT2D eigenvalue weighted by Gasteiger charge is 2.33. The van der Waals surface area contributed by atoms with Gasteiger partial charge in [0.1, 0.15) is 9.84 Å². The van der Waals surface area contributed by atoms with E-state index in [4.69, 9.17) is 0 Å². The second-order valence-corrected chi connectivity index (χ2v) is 6.98. The zero-order valence-electron chi connectivity index (χ0n) is 9.88. The van der Waals surface area contributed by atoms with Gasteiger partial charge in [-0.3, -0.25) is 0 Å². The molecule has 3 nitrogen and oxygen atoms in total. The van der Waals surface area contributed by atoms with Crippen LogP contribution in [0.15, 0.2) is 0 Å². The summed E-state index contributed by atoms with van der Waals surface area (Å²) < 4.78 is 22.5. The van der Waals surface area contributed by atoms with Crippen molar-refractivity contribution in [3.8, 4) is 0 Å². The number of nitrogens with one attached hydrogen (secondary N) is 1. The van der Waals surface area contributed by atoms with Crippen LogP contribution in [0.1, 0.15) is 46.0 Å². The van der Waals surface area contributed by atoms with Crippen LogP contribution in [0, 0.1) is 0 Å². The summed E-state index contributed by atoms with van der Waals surface area (Å²) >= 11 is 0. The van der Waals surface area contributed by atoms with E-state index in [1.807, 2.05) is 0 Å². The Morgan fingerprint density at radius 2 is 1.93 bits per heavy atom. The van der Waals surface area contributed by atoms with E-state index in [1.54, 1.807) is 6.92 Å². The molecule has 1 aliphatic rings. The van der Waals surface area contributed by atoms with Crippen molar-refractivity contribution in [3.63, 3.8) is 0 Å². The molecule has 4 heteroatoms. The largest absolute Gasteiger partial charge is 0.311 e. The van der Waals surface area contributed by atoms with E-state index in [2.05, 4.69) is 12.2 Å². The molecule has 1 saturated carbocycles. The monoisotopic (exact) mass is 233 g/mol. The third kappa shape index (κ3) is 3.76. The fourth-order valence-electron chi connectivity index (χ4n) is 2.05. The maximum atomic E-state index is 11.2. The van der Waals surface area contributed by atoms with Crippen LogP contribution in [0.4, 0.5) is 0 Å². The van der Waals surface area contributed by atoms with Crippen LogP contribution >= 0.6 is 0 Å². The van der Waals surface area contributed by atoms with Gasteiger partial charge in [0.25, 0.3) is 0 Å². The zero-order valence-corrected chi connectivity index (χ0v) is 10.7. The normalized spacial score (nSPS) is 19.9. The van der Waals surface area contributed by atoms with Crippen LogP contribution in [0.3, 0.4) is 0 Å². The van der Waals surface area contributed by atoms with E-state index in [0.29, 0.717) is 11.3 Å². The lowest BCUT2D eigenvalue weighted by Crippen LogP contribution is -2.50. The number of rotatable bonds is 7. The van der Waals surface area contributed by atoms with Crippen molar-refractivity contribution in [1.29, 1.82) is 0 Å². The maximum Gasteiger partial charge on any atom is 0.150 e. The van der Waals surface area contributed by atoms with Gasteiger partial charge in [-0.2, -0.15) is 0 Å². The van der Waals surface area contributed by atoms with Gasteiger partial charge in [-0.1, -0.05) is 13.8 Å². The van der Waals surface area contributed by atoms with Gasteiger partial charge in [-0.25, -0.2) is 8.42 Å². The van der Waals surface area contributed by atoms with E-state index in [0.717, 1.165) is 19.4 Å². The highest BCUT2D eigenvalue weighted by Crippen LogP contribution is 2.34. The molecule has 0 aliphatic heterocycles. The Balaban J connectivity index is 2.16. The lowest BCUT2D eigenvalue weighted by atomic mass is 9.75. The molecule has 1 rings (SSSR count). The summed E-state index contributed by atoms with van der Waals surface area (Å²) in [5.74, 6) is 0.599. The Kier molecular flexibility index (Phi) is 4.59. The first kappa shape index (κ1) is 13.0. The van der Waals surface area contributed by atoms with Crippen molar-refractivity contribution >= 4 is 9.84 Å². The molecule has 15 heavy (non-hydrogen) atoms. The summed E-state index contributed by atoms with van der Waals surface area (Å²) in [5.41, 5.74) is 0.343. The Morgan fingerprint density at radius 3 is 2.33 bits per heavy atom. The van der Waals surface area contributed by atoms with Crippen LogP contribution in [0.5, 0.6) is 0 Å². The summed E-state index contributed by atoms with van der Waals surface area (Å²) in [6, 6.07) is 0. The van der Waals surface area contributed by atoms with Crippen molar-refractivity contribution in [2.45, 2.75) is 51.5 Å². The standard InChI is InChI=1S/C11H23NO2S/c1-3-11(7-5-8-11)12-9-6-10-15(13,14)4-2/h12H,3-10H2,1-2H3. The molecule has 0 amide bonds. The molecule has 0 spiro atoms. The van der Waals surface area contributed by atoms with E-state index in [1.165, 1.54) is 19.3 Å². The first-order chi connectivity index (χ1) is 7.04. The van der Waals surface area contributed by atoms with Crippen LogP contribution in [0.25, 0.3) is 0 Å². The number of hydrogen-bond acceptors (Lipinski definition) is 3. The second kappa shape index (κ2) is 5.30. The minimum absolute atomic E-state index is 0.270. The lowest BCUT2D eigenvalue weighted by molar-refractivity contribution is 0.178. The predicted molar refractivity (Wildman–Crippen MR) is 63.8 cm³/mol. The van der Waals surface area contributed by atoms with Gasteiger partial charge in [0.2, 0.25) is 0 Å². The molecule has 0 bridgehead atoms. The molecule has 0 aromatic rings. The zero-order chi connectivity index (χ0) is 11.4. The lowest BCUT2D eigenvalue weighted by Gasteiger charge is -2.42. The SMILES string of the molecule is CCC1(NCCCS(=O)(=O)CC)CCC1. The Morgan fingerprint density at radius 1 is 1.27 bits per heavy atom. The molecule has 0 atom stereocenters. The minimum Gasteiger partial charge on any atom is -0.311 e. The van der Waals surface area contributed by atoms with Gasteiger partial charge in [-0.05, 0) is 38.6 Å². The molecule has 0 saturated heterocycles. The average molecular weight is 233 g/mol. The van der Waals surface area contributed by atoms with Gasteiger partial charge in [0.15, 0.2) is 0 Å². The highest BCUT2D eigenvalue weighted by atomic mass is 32.2. The van der Waals surface area contributed by atoms with E-state index in [9.17, 15) is 8.42 Å². The number of sulfone groups is 1. The van der Waals surface area contributed by atoms with E-state index < -0.39 is 9.84 Å². The molecule has 0 radical (unpaired) electrons. The van der Waals surface area contributed by atoms with Gasteiger partial charge >= 0.3 is 0 Å². The topological polar surface area (TPSA) is 46.2 Å². The minimum atomic E-state index is -2.77. The fraction of sp³-hybridized carbons (Fsp3) is 1.00. The van der Waals surface area contributed by atoms with Crippen molar-refractivity contribution in [3.05, 3.63) is 0 Å². The summed E-state index contributed by atoms with van der Waals surface area (Å²) in [7, 11) is -2.77. The van der Waals surface area contributed by atoms with Gasteiger partial charge in [-0.15, -0.1) is 0 Å². The molecule has 0 unspecified atom stereocenters. The van der Waals surface area contributed by atoms with Crippen molar-refractivity contribution < 1.29 is 8.42 Å². The van der Waals surface area contributed by atoms with Crippen molar-refractivity contribution in [2.24, 2.45) is 0 Å². The molecular weight excluding hydrogens is 210 g/mol. The molecule has 1 aliphatic carbocycles. The highest BCUT2D eigenvalue weighted by molar-refractivity contribution is 7.91. The van der Waals surface area contributed by atoms with Gasteiger partial charge in [0, 0.05) is 11.3 Å². The molecule has 1 fully saturated rings. The van der Waals surface area contributed by atoms with Gasteiger partial charge in [0.05, 0.1) is 5.75 Å². The quantitative estimate of drug-likeness (QED) is 0.681. The Labute approximate surface area is 93.6 Å². The van der Waals surface area contributed by atoms with E-state index in [-0.39, 0.29) is 5.75 Å². The average Bonchev–Trinajstić information content (AvgIpc) is 2.16. The van der Waals surface area contributed by atoms with Crippen LogP contribution < -0.4 is 5.32 Å². The van der Waals surface area contributed by atoms with E-state index >= 15 is 0 Å². The Hall–Kier alpha value is -0.0900. The van der Waals surface area contributed by atoms with Crippen LogP contribution in [-0.4, -0.2) is 32.0 Å². The maximum absolute atomic E-state index is 11.2. The summed E-state index contributed by atoms with van der Waals surface area (Å²) in [6.07, 6.45) is 5.73. The van der Waals surface area contributed by atoms with Gasteiger partial charge < -0.3 is 5.32 Å². The van der Waals surface area contributed by atoms with Crippen molar-refractivity contribution in [1.82, 2.24) is 5.32 Å². The molecule has 0 aromatic carbocycles. The molecule has 0 heterocycles. The first-order valence-electron chi connectivity index (χ1n) is 5.99. The molecular formula is C11H23NO2S. The predicted octanol–water partition coefficient (Wildman–Crippen LogP) is 1.73. The molecule has 1 N–H and O–H groups in total. The fourth-order valence-corrected chi connectivity index (χ4v) is 2.92.